The second kappa shape index (κ2) is 8.79. The minimum Gasteiger partial charge on any atom is -0.489 e. The van der Waals surface area contributed by atoms with Crippen LogP contribution in [-0.2, 0) is 16.2 Å². The van der Waals surface area contributed by atoms with E-state index < -0.39 is 0 Å². The molecule has 2 heterocycles. The number of allylic oxidation sites excluding steroid dienone is 2. The van der Waals surface area contributed by atoms with Gasteiger partial charge < -0.3 is 9.30 Å². The van der Waals surface area contributed by atoms with Crippen molar-refractivity contribution in [1.29, 1.82) is 0 Å². The molecular formula is C29H26ClN3O3. The van der Waals surface area contributed by atoms with E-state index in [0.717, 1.165) is 45.4 Å². The Balaban J connectivity index is 1.18. The molecule has 2 aromatic carbocycles. The van der Waals surface area contributed by atoms with Gasteiger partial charge in [0.15, 0.2) is 0 Å². The van der Waals surface area contributed by atoms with Crippen molar-refractivity contribution < 1.29 is 14.3 Å². The van der Waals surface area contributed by atoms with Gasteiger partial charge in [-0.1, -0.05) is 42.0 Å². The molecular weight excluding hydrogens is 474 g/mol. The summed E-state index contributed by atoms with van der Waals surface area (Å²) in [4.78, 5) is 25.8. The number of imide groups is 1. The second-order valence-electron chi connectivity index (χ2n) is 9.77. The van der Waals surface area contributed by atoms with E-state index in [-0.39, 0.29) is 35.5 Å². The Labute approximate surface area is 214 Å². The van der Waals surface area contributed by atoms with Gasteiger partial charge in [-0.05, 0) is 68.5 Å². The lowest BCUT2D eigenvalue weighted by molar-refractivity contribution is -0.140. The molecule has 3 aliphatic rings. The molecule has 2 amide bonds. The third-order valence-corrected chi connectivity index (χ3v) is 8.05. The van der Waals surface area contributed by atoms with E-state index in [0.29, 0.717) is 11.6 Å². The largest absolute Gasteiger partial charge is 0.489 e. The van der Waals surface area contributed by atoms with Gasteiger partial charge in [0, 0.05) is 33.2 Å². The Hall–Kier alpha value is -3.64. The fourth-order valence-electron chi connectivity index (χ4n) is 5.90. The predicted octanol–water partition coefficient (Wildman–Crippen LogP) is 5.47. The Kier molecular flexibility index (Phi) is 5.56. The highest BCUT2D eigenvalue weighted by atomic mass is 35.5. The molecule has 182 valence electrons. The quantitative estimate of drug-likeness (QED) is 0.257. The fraction of sp³-hybridized carbons (Fsp3) is 0.276. The van der Waals surface area contributed by atoms with Crippen LogP contribution in [0.1, 0.15) is 28.9 Å². The zero-order valence-electron chi connectivity index (χ0n) is 20.1. The van der Waals surface area contributed by atoms with Crippen LogP contribution in [0.3, 0.4) is 0 Å². The van der Waals surface area contributed by atoms with Crippen molar-refractivity contribution >= 4 is 29.6 Å². The molecule has 6 nitrogen and oxygen atoms in total. The van der Waals surface area contributed by atoms with E-state index in [4.69, 9.17) is 16.3 Å². The van der Waals surface area contributed by atoms with Gasteiger partial charge in [-0.25, -0.2) is 0 Å². The van der Waals surface area contributed by atoms with Crippen LogP contribution in [-0.4, -0.2) is 27.6 Å². The van der Waals surface area contributed by atoms with Crippen LogP contribution >= 0.6 is 11.6 Å². The summed E-state index contributed by atoms with van der Waals surface area (Å²) in [5, 5.41) is 6.14. The van der Waals surface area contributed by atoms with E-state index in [9.17, 15) is 9.59 Å². The van der Waals surface area contributed by atoms with Crippen LogP contribution in [0, 0.1) is 37.5 Å². The standard InChI is InChI=1S/C29H26ClN3O3/c1-17-13-22(15-31-33-28(34)26-19-7-8-20(14-19)27(26)29(33)35)18(2)32(17)23-9-11-24(12-10-23)36-16-21-5-3-4-6-25(21)30/h3-13,15,19-20,26-27H,14,16H2,1-2H3/t19-,20-,26-,27+/m0/s1. The average molecular weight is 500 g/mol. The number of hydrogen-bond acceptors (Lipinski definition) is 4. The summed E-state index contributed by atoms with van der Waals surface area (Å²) in [6.07, 6.45) is 6.72. The molecule has 0 spiro atoms. The molecule has 2 aliphatic carbocycles. The van der Waals surface area contributed by atoms with Crippen LogP contribution < -0.4 is 4.74 Å². The summed E-state index contributed by atoms with van der Waals surface area (Å²) < 4.78 is 8.02. The highest BCUT2D eigenvalue weighted by Gasteiger charge is 2.59. The average Bonchev–Trinajstić information content (AvgIpc) is 3.62. The first-order valence-electron chi connectivity index (χ1n) is 12.2. The summed E-state index contributed by atoms with van der Waals surface area (Å²) in [6.45, 7) is 4.42. The van der Waals surface area contributed by atoms with E-state index in [1.54, 1.807) is 6.21 Å². The monoisotopic (exact) mass is 499 g/mol. The van der Waals surface area contributed by atoms with Crippen LogP contribution in [0.25, 0.3) is 5.69 Å². The van der Waals surface area contributed by atoms with Gasteiger partial charge in [-0.3, -0.25) is 9.59 Å². The van der Waals surface area contributed by atoms with E-state index in [2.05, 4.69) is 21.8 Å². The molecule has 0 unspecified atom stereocenters. The zero-order valence-corrected chi connectivity index (χ0v) is 20.9. The first-order chi connectivity index (χ1) is 17.4. The number of benzene rings is 2. The molecule has 7 heteroatoms. The molecule has 1 saturated heterocycles. The van der Waals surface area contributed by atoms with Crippen molar-refractivity contribution in [2.45, 2.75) is 26.9 Å². The number of ether oxygens (including phenoxy) is 1. The maximum absolute atomic E-state index is 12.9. The molecule has 4 atom stereocenters. The maximum atomic E-state index is 12.9. The van der Waals surface area contributed by atoms with Gasteiger partial charge in [0.1, 0.15) is 12.4 Å². The van der Waals surface area contributed by atoms with Crippen molar-refractivity contribution in [3.63, 3.8) is 0 Å². The van der Waals surface area contributed by atoms with Gasteiger partial charge in [-0.15, -0.1) is 0 Å². The van der Waals surface area contributed by atoms with E-state index >= 15 is 0 Å². The molecule has 6 rings (SSSR count). The topological polar surface area (TPSA) is 63.9 Å². The smallest absolute Gasteiger partial charge is 0.254 e. The molecule has 2 fully saturated rings. The summed E-state index contributed by atoms with van der Waals surface area (Å²) in [6, 6.07) is 17.5. The second-order valence-corrected chi connectivity index (χ2v) is 10.2. The van der Waals surface area contributed by atoms with Crippen molar-refractivity contribution in [2.75, 3.05) is 0 Å². The van der Waals surface area contributed by atoms with Gasteiger partial charge in [0.05, 0.1) is 18.1 Å². The van der Waals surface area contributed by atoms with Crippen LogP contribution in [0.15, 0.2) is 71.9 Å². The molecule has 0 N–H and O–H groups in total. The number of carbonyl (C=O) groups excluding carboxylic acids is 2. The first-order valence-corrected chi connectivity index (χ1v) is 12.6. The van der Waals surface area contributed by atoms with Gasteiger partial charge in [0.2, 0.25) is 0 Å². The van der Waals surface area contributed by atoms with Crippen molar-refractivity contribution in [3.8, 4) is 11.4 Å². The molecule has 1 aliphatic heterocycles. The van der Waals surface area contributed by atoms with E-state index in [1.807, 2.05) is 68.4 Å². The number of nitrogens with zero attached hydrogens (tertiary/aromatic N) is 3. The minimum absolute atomic E-state index is 0.167. The lowest BCUT2D eigenvalue weighted by Gasteiger charge is -2.13. The highest BCUT2D eigenvalue weighted by Crippen LogP contribution is 2.52. The summed E-state index contributed by atoms with van der Waals surface area (Å²) in [5.74, 6) is 0.296. The Morgan fingerprint density at radius 3 is 2.33 bits per heavy atom. The number of fused-ring (bicyclic) bond motifs is 5. The summed E-state index contributed by atoms with van der Waals surface area (Å²) in [5.41, 5.74) is 4.79. The van der Waals surface area contributed by atoms with E-state index in [1.165, 1.54) is 0 Å². The number of aromatic nitrogens is 1. The number of carbonyl (C=O) groups is 2. The van der Waals surface area contributed by atoms with Gasteiger partial charge in [0.25, 0.3) is 11.8 Å². The summed E-state index contributed by atoms with van der Waals surface area (Å²) >= 11 is 6.22. The van der Waals surface area contributed by atoms with Crippen molar-refractivity contribution in [2.24, 2.45) is 28.8 Å². The Bertz CT molecular complexity index is 1390. The Morgan fingerprint density at radius 1 is 1.00 bits per heavy atom. The predicted molar refractivity (Wildman–Crippen MR) is 138 cm³/mol. The van der Waals surface area contributed by atoms with Gasteiger partial charge in [-0.2, -0.15) is 10.1 Å². The third kappa shape index (κ3) is 3.68. The fourth-order valence-corrected chi connectivity index (χ4v) is 6.09. The lowest BCUT2D eigenvalue weighted by atomic mass is 9.85. The van der Waals surface area contributed by atoms with Crippen molar-refractivity contribution in [1.82, 2.24) is 9.58 Å². The molecule has 2 bridgehead atoms. The molecule has 1 saturated carbocycles. The molecule has 0 radical (unpaired) electrons. The number of rotatable bonds is 6. The SMILES string of the molecule is Cc1cc(C=NN2C(=O)[C@@H]3[C@H](C2=O)[C@H]2C=C[C@H]3C2)c(C)n1-c1ccc(OCc2ccccc2Cl)cc1. The van der Waals surface area contributed by atoms with Crippen LogP contribution in [0.5, 0.6) is 5.75 Å². The number of hydrazone groups is 1. The number of halogens is 1. The lowest BCUT2D eigenvalue weighted by Crippen LogP contribution is -2.28. The molecule has 1 aromatic heterocycles. The number of aryl methyl sites for hydroxylation is 1. The Morgan fingerprint density at radius 2 is 1.67 bits per heavy atom. The number of hydrogen-bond donors (Lipinski definition) is 0. The first kappa shape index (κ1) is 22.8. The normalized spacial score (nSPS) is 24.4. The van der Waals surface area contributed by atoms with Gasteiger partial charge >= 0.3 is 0 Å². The maximum Gasteiger partial charge on any atom is 0.254 e. The zero-order chi connectivity index (χ0) is 25.0. The molecule has 3 aromatic rings. The highest BCUT2D eigenvalue weighted by molar-refractivity contribution is 6.31. The number of amides is 2. The summed E-state index contributed by atoms with van der Waals surface area (Å²) in [7, 11) is 0. The molecule has 36 heavy (non-hydrogen) atoms. The van der Waals surface area contributed by atoms with Crippen molar-refractivity contribution in [3.05, 3.63) is 94.3 Å². The van der Waals surface area contributed by atoms with Crippen LogP contribution in [0.4, 0.5) is 0 Å². The minimum atomic E-state index is -0.240. The van der Waals surface area contributed by atoms with Crippen LogP contribution in [0.2, 0.25) is 5.02 Å². The third-order valence-electron chi connectivity index (χ3n) is 7.68.